The molecule has 0 fully saturated rings. The molecule has 0 saturated heterocycles. The van der Waals surface area contributed by atoms with Gasteiger partial charge in [-0.25, -0.2) is 4.68 Å². The number of rotatable bonds is 2. The summed E-state index contributed by atoms with van der Waals surface area (Å²) >= 11 is 5.87. The summed E-state index contributed by atoms with van der Waals surface area (Å²) in [4.78, 5) is 10.2. The second kappa shape index (κ2) is 3.66. The first-order valence-corrected chi connectivity index (χ1v) is 4.37. The van der Waals surface area contributed by atoms with Crippen molar-refractivity contribution < 1.29 is 4.92 Å². The zero-order valence-electron chi connectivity index (χ0n) is 7.37. The molecule has 0 spiro atoms. The first kappa shape index (κ1) is 9.60. The van der Waals surface area contributed by atoms with Crippen LogP contribution in [-0.4, -0.2) is 19.9 Å². The van der Waals surface area contributed by atoms with Crippen LogP contribution in [0, 0.1) is 10.1 Å². The number of para-hydroxylation sites is 1. The maximum atomic E-state index is 10.8. The van der Waals surface area contributed by atoms with Crippen molar-refractivity contribution in [3.05, 3.63) is 45.7 Å². The second-order valence-electron chi connectivity index (χ2n) is 2.71. The van der Waals surface area contributed by atoms with Crippen molar-refractivity contribution in [2.45, 2.75) is 0 Å². The van der Waals surface area contributed by atoms with Crippen LogP contribution < -0.4 is 0 Å². The van der Waals surface area contributed by atoms with Crippen molar-refractivity contribution in [1.29, 1.82) is 0 Å². The van der Waals surface area contributed by atoms with E-state index in [9.17, 15) is 10.1 Å². The highest BCUT2D eigenvalue weighted by Gasteiger charge is 2.18. The summed E-state index contributed by atoms with van der Waals surface area (Å²) in [5.41, 5.74) is 0.120. The van der Waals surface area contributed by atoms with Gasteiger partial charge in [0, 0.05) is 6.07 Å². The molecule has 0 saturated carbocycles. The summed E-state index contributed by atoms with van der Waals surface area (Å²) in [7, 11) is 0. The van der Waals surface area contributed by atoms with Gasteiger partial charge in [-0.1, -0.05) is 22.9 Å². The van der Waals surface area contributed by atoms with E-state index >= 15 is 0 Å². The highest BCUT2D eigenvalue weighted by molar-refractivity contribution is 6.32. The lowest BCUT2D eigenvalue weighted by Gasteiger charge is -2.03. The highest BCUT2D eigenvalue weighted by Crippen LogP contribution is 2.28. The van der Waals surface area contributed by atoms with Crippen molar-refractivity contribution in [1.82, 2.24) is 15.0 Å². The maximum Gasteiger partial charge on any atom is 0.296 e. The molecule has 1 heterocycles. The number of nitro groups is 1. The van der Waals surface area contributed by atoms with Crippen molar-refractivity contribution >= 4 is 17.3 Å². The minimum Gasteiger partial charge on any atom is -0.258 e. The SMILES string of the molecule is O=[N+]([O-])c1cccc(Cl)c1-n1ccnn1. The minimum atomic E-state index is -0.511. The Morgan fingerprint density at radius 1 is 1.47 bits per heavy atom. The Balaban J connectivity index is 2.68. The lowest BCUT2D eigenvalue weighted by molar-refractivity contribution is -0.384. The highest BCUT2D eigenvalue weighted by atomic mass is 35.5. The molecule has 2 aromatic rings. The Morgan fingerprint density at radius 2 is 2.27 bits per heavy atom. The van der Waals surface area contributed by atoms with Gasteiger partial charge in [0.05, 0.1) is 22.3 Å². The van der Waals surface area contributed by atoms with Gasteiger partial charge in [0.2, 0.25) is 0 Å². The van der Waals surface area contributed by atoms with Gasteiger partial charge in [-0.3, -0.25) is 10.1 Å². The lowest BCUT2D eigenvalue weighted by atomic mass is 10.2. The molecule has 6 nitrogen and oxygen atoms in total. The van der Waals surface area contributed by atoms with Crippen LogP contribution in [0.4, 0.5) is 5.69 Å². The van der Waals surface area contributed by atoms with Crippen LogP contribution in [0.3, 0.4) is 0 Å². The Bertz CT molecular complexity index is 497. The molecular weight excluding hydrogens is 220 g/mol. The zero-order chi connectivity index (χ0) is 10.8. The van der Waals surface area contributed by atoms with E-state index in [0.717, 1.165) is 0 Å². The second-order valence-corrected chi connectivity index (χ2v) is 3.12. The third-order valence-electron chi connectivity index (χ3n) is 1.81. The largest absolute Gasteiger partial charge is 0.296 e. The van der Waals surface area contributed by atoms with E-state index in [2.05, 4.69) is 10.3 Å². The molecule has 0 aliphatic heterocycles. The summed E-state index contributed by atoms with van der Waals surface area (Å²) in [5, 5.41) is 18.3. The summed E-state index contributed by atoms with van der Waals surface area (Å²) in [6, 6.07) is 4.44. The smallest absolute Gasteiger partial charge is 0.258 e. The molecule has 1 aromatic heterocycles. The van der Waals surface area contributed by atoms with E-state index in [4.69, 9.17) is 11.6 Å². The number of hydrogen-bond donors (Lipinski definition) is 0. The van der Waals surface area contributed by atoms with Gasteiger partial charge in [0.25, 0.3) is 5.69 Å². The van der Waals surface area contributed by atoms with Crippen molar-refractivity contribution in [2.24, 2.45) is 0 Å². The number of halogens is 1. The van der Waals surface area contributed by atoms with Crippen LogP contribution >= 0.6 is 11.6 Å². The Kier molecular flexibility index (Phi) is 2.34. The Morgan fingerprint density at radius 3 is 2.87 bits per heavy atom. The molecule has 0 N–H and O–H groups in total. The van der Waals surface area contributed by atoms with E-state index in [-0.39, 0.29) is 16.4 Å². The predicted molar refractivity (Wildman–Crippen MR) is 53.0 cm³/mol. The third kappa shape index (κ3) is 1.66. The topological polar surface area (TPSA) is 73.8 Å². The molecule has 0 bridgehead atoms. The van der Waals surface area contributed by atoms with Crippen molar-refractivity contribution in [3.63, 3.8) is 0 Å². The Labute approximate surface area is 89.2 Å². The summed E-state index contributed by atoms with van der Waals surface area (Å²) in [6.07, 6.45) is 2.92. The van der Waals surface area contributed by atoms with E-state index in [1.807, 2.05) is 0 Å². The molecule has 0 atom stereocenters. The molecule has 2 rings (SSSR count). The fraction of sp³-hybridized carbons (Fsp3) is 0. The number of benzene rings is 1. The van der Waals surface area contributed by atoms with Gasteiger partial charge in [-0.15, -0.1) is 5.10 Å². The first-order chi connectivity index (χ1) is 7.20. The minimum absolute atomic E-state index is 0.104. The van der Waals surface area contributed by atoms with Gasteiger partial charge in [-0.2, -0.15) is 0 Å². The normalized spacial score (nSPS) is 10.2. The monoisotopic (exact) mass is 224 g/mol. The molecule has 15 heavy (non-hydrogen) atoms. The number of aromatic nitrogens is 3. The number of hydrogen-bond acceptors (Lipinski definition) is 4. The molecule has 0 unspecified atom stereocenters. The number of nitro benzene ring substituents is 1. The average molecular weight is 225 g/mol. The van der Waals surface area contributed by atoms with E-state index in [0.29, 0.717) is 0 Å². The van der Waals surface area contributed by atoms with Gasteiger partial charge in [0.15, 0.2) is 5.69 Å². The molecular formula is C8H5ClN4O2. The molecule has 7 heteroatoms. The summed E-state index contributed by atoms with van der Waals surface area (Å²) < 4.78 is 1.26. The zero-order valence-corrected chi connectivity index (χ0v) is 8.13. The summed E-state index contributed by atoms with van der Waals surface area (Å²) in [6.45, 7) is 0. The molecule has 0 aliphatic rings. The molecule has 0 aliphatic carbocycles. The maximum absolute atomic E-state index is 10.8. The van der Waals surface area contributed by atoms with Gasteiger partial charge in [-0.05, 0) is 6.07 Å². The van der Waals surface area contributed by atoms with Crippen LogP contribution in [0.25, 0.3) is 5.69 Å². The van der Waals surface area contributed by atoms with Crippen LogP contribution in [0.2, 0.25) is 5.02 Å². The van der Waals surface area contributed by atoms with E-state index in [1.54, 1.807) is 6.07 Å². The fourth-order valence-corrected chi connectivity index (χ4v) is 1.46. The third-order valence-corrected chi connectivity index (χ3v) is 2.12. The van der Waals surface area contributed by atoms with Crippen molar-refractivity contribution in [2.75, 3.05) is 0 Å². The van der Waals surface area contributed by atoms with Gasteiger partial charge >= 0.3 is 0 Å². The van der Waals surface area contributed by atoms with E-state index in [1.165, 1.54) is 29.2 Å². The van der Waals surface area contributed by atoms with Crippen LogP contribution in [0.1, 0.15) is 0 Å². The van der Waals surface area contributed by atoms with Crippen LogP contribution in [-0.2, 0) is 0 Å². The predicted octanol–water partition coefficient (Wildman–Crippen LogP) is 1.83. The quantitative estimate of drug-likeness (QED) is 0.576. The van der Waals surface area contributed by atoms with Crippen LogP contribution in [0.15, 0.2) is 30.6 Å². The van der Waals surface area contributed by atoms with Gasteiger partial charge < -0.3 is 0 Å². The molecule has 0 amide bonds. The van der Waals surface area contributed by atoms with Crippen molar-refractivity contribution in [3.8, 4) is 5.69 Å². The standard InChI is InChI=1S/C8H5ClN4O2/c9-6-2-1-3-7(13(14)15)8(6)12-5-4-10-11-12/h1-5H. The lowest BCUT2D eigenvalue weighted by Crippen LogP contribution is -2.01. The van der Waals surface area contributed by atoms with Gasteiger partial charge in [0.1, 0.15) is 0 Å². The molecule has 0 radical (unpaired) electrons. The molecule has 76 valence electrons. The first-order valence-electron chi connectivity index (χ1n) is 4.00. The Hall–Kier alpha value is -1.95. The average Bonchev–Trinajstić information content (AvgIpc) is 2.70. The van der Waals surface area contributed by atoms with Crippen LogP contribution in [0.5, 0.6) is 0 Å². The van der Waals surface area contributed by atoms with E-state index < -0.39 is 4.92 Å². The number of nitrogens with zero attached hydrogens (tertiary/aromatic N) is 4. The molecule has 1 aromatic carbocycles. The summed E-state index contributed by atoms with van der Waals surface area (Å²) in [5.74, 6) is 0. The fourth-order valence-electron chi connectivity index (χ4n) is 1.21.